The minimum atomic E-state index is -0.501. The summed E-state index contributed by atoms with van der Waals surface area (Å²) in [7, 11) is 0. The molecule has 12 nitrogen and oxygen atoms in total. The standard InChI is InChI=1S/C38H52N6O6S/c1-25-32(41-37(47)49-30-8-6-5-7-9-30)20-27(22-39-25)26-10-11-31-33(21-26)51-36(40-31)42-34(45)23-43-16-12-28(13-17-43)44-18-14-29(15-19-44)48-24-35(46)50-38(2,3)4/h10-11,20-22,28-30H,5-9,12-19,23-24H2,1-4H3,(H,41,47)(H,40,42,45). The van der Waals surface area contributed by atoms with Crippen molar-refractivity contribution in [3.05, 3.63) is 36.2 Å². The Hall–Kier alpha value is -3.65. The number of piperidine rings is 2. The molecule has 2 N–H and O–H groups in total. The van der Waals surface area contributed by atoms with Gasteiger partial charge in [-0.1, -0.05) is 23.8 Å². The molecule has 2 saturated heterocycles. The fourth-order valence-electron chi connectivity index (χ4n) is 7.22. The molecular formula is C38H52N6O6S. The molecule has 4 heterocycles. The van der Waals surface area contributed by atoms with Crippen LogP contribution in [0.3, 0.4) is 0 Å². The van der Waals surface area contributed by atoms with E-state index < -0.39 is 11.7 Å². The number of nitrogens with zero attached hydrogens (tertiary/aromatic N) is 4. The van der Waals surface area contributed by atoms with Gasteiger partial charge in [-0.25, -0.2) is 14.6 Å². The summed E-state index contributed by atoms with van der Waals surface area (Å²) in [4.78, 5) is 51.6. The van der Waals surface area contributed by atoms with E-state index in [2.05, 4.69) is 30.4 Å². The van der Waals surface area contributed by atoms with Crippen molar-refractivity contribution >= 4 is 50.3 Å². The van der Waals surface area contributed by atoms with Crippen molar-refractivity contribution in [2.45, 2.75) is 109 Å². The zero-order valence-electron chi connectivity index (χ0n) is 30.4. The number of carbonyl (C=O) groups is 3. The third kappa shape index (κ3) is 10.7. The van der Waals surface area contributed by atoms with E-state index in [-0.39, 0.29) is 30.7 Å². The fourth-order valence-corrected chi connectivity index (χ4v) is 8.14. The van der Waals surface area contributed by atoms with Crippen LogP contribution in [-0.4, -0.2) is 101 Å². The smallest absolute Gasteiger partial charge is 0.411 e. The monoisotopic (exact) mass is 720 g/mol. The lowest BCUT2D eigenvalue weighted by Gasteiger charge is -2.41. The van der Waals surface area contributed by atoms with Crippen LogP contribution in [0.4, 0.5) is 15.6 Å². The van der Waals surface area contributed by atoms with Gasteiger partial charge >= 0.3 is 12.1 Å². The number of thiazole rings is 1. The van der Waals surface area contributed by atoms with Crippen LogP contribution in [0.15, 0.2) is 30.5 Å². The first kappa shape index (κ1) is 37.1. The van der Waals surface area contributed by atoms with Crippen molar-refractivity contribution in [1.29, 1.82) is 0 Å². The highest BCUT2D eigenvalue weighted by Gasteiger charge is 2.30. The summed E-state index contributed by atoms with van der Waals surface area (Å²) in [5.74, 6) is -0.373. The summed E-state index contributed by atoms with van der Waals surface area (Å²) in [5.41, 5.74) is 3.47. The van der Waals surface area contributed by atoms with Crippen molar-refractivity contribution in [2.24, 2.45) is 0 Å². The van der Waals surface area contributed by atoms with Crippen LogP contribution < -0.4 is 10.6 Å². The number of rotatable bonds is 10. The molecule has 6 rings (SSSR count). The van der Waals surface area contributed by atoms with E-state index in [1.54, 1.807) is 6.20 Å². The van der Waals surface area contributed by atoms with Crippen molar-refractivity contribution in [3.63, 3.8) is 0 Å². The number of esters is 1. The Morgan fingerprint density at radius 2 is 1.65 bits per heavy atom. The minimum Gasteiger partial charge on any atom is -0.458 e. The first-order valence-corrected chi connectivity index (χ1v) is 19.2. The third-order valence-electron chi connectivity index (χ3n) is 9.89. The second-order valence-electron chi connectivity index (χ2n) is 15.0. The van der Waals surface area contributed by atoms with Gasteiger partial charge < -0.3 is 24.4 Å². The Balaban J connectivity index is 0.946. The Labute approximate surface area is 304 Å². The van der Waals surface area contributed by atoms with Gasteiger partial charge in [-0.15, -0.1) is 0 Å². The number of carbonyl (C=O) groups excluding carboxylic acids is 3. The highest BCUT2D eigenvalue weighted by molar-refractivity contribution is 7.22. The quantitative estimate of drug-likeness (QED) is 0.216. The number of aryl methyl sites for hydroxylation is 1. The number of fused-ring (bicyclic) bond motifs is 1. The van der Waals surface area contributed by atoms with Gasteiger partial charge in [0.2, 0.25) is 5.91 Å². The second-order valence-corrected chi connectivity index (χ2v) is 16.1. The average molecular weight is 721 g/mol. The lowest BCUT2D eigenvalue weighted by atomic mass is 9.98. The number of likely N-dealkylation sites (tertiary alicyclic amines) is 2. The number of aromatic nitrogens is 2. The van der Waals surface area contributed by atoms with Gasteiger partial charge in [-0.3, -0.25) is 20.0 Å². The zero-order chi connectivity index (χ0) is 36.0. The van der Waals surface area contributed by atoms with Gasteiger partial charge in [0.05, 0.1) is 34.2 Å². The van der Waals surface area contributed by atoms with Crippen molar-refractivity contribution in [1.82, 2.24) is 19.8 Å². The van der Waals surface area contributed by atoms with E-state index in [1.807, 2.05) is 52.0 Å². The summed E-state index contributed by atoms with van der Waals surface area (Å²) in [6.45, 7) is 11.4. The maximum atomic E-state index is 13.0. The lowest BCUT2D eigenvalue weighted by Crippen LogP contribution is -2.49. The van der Waals surface area contributed by atoms with Gasteiger partial charge in [0.15, 0.2) is 5.13 Å². The van der Waals surface area contributed by atoms with E-state index in [9.17, 15) is 14.4 Å². The third-order valence-corrected chi connectivity index (χ3v) is 10.8. The second kappa shape index (κ2) is 16.8. The van der Waals surface area contributed by atoms with Gasteiger partial charge in [0.25, 0.3) is 0 Å². The molecule has 0 bridgehead atoms. The molecule has 13 heteroatoms. The van der Waals surface area contributed by atoms with E-state index in [0.29, 0.717) is 23.4 Å². The maximum absolute atomic E-state index is 13.0. The molecule has 51 heavy (non-hydrogen) atoms. The molecule has 276 valence electrons. The highest BCUT2D eigenvalue weighted by atomic mass is 32.1. The number of hydrogen-bond acceptors (Lipinski definition) is 11. The van der Waals surface area contributed by atoms with Gasteiger partial charge in [-0.05, 0) is 103 Å². The Bertz CT molecular complexity index is 1670. The molecule has 2 aromatic heterocycles. The molecule has 2 amide bonds. The summed E-state index contributed by atoms with van der Waals surface area (Å²) < 4.78 is 17.8. The number of pyridine rings is 1. The summed E-state index contributed by atoms with van der Waals surface area (Å²) >= 11 is 1.45. The van der Waals surface area contributed by atoms with E-state index in [1.165, 1.54) is 17.8 Å². The topological polar surface area (TPSA) is 135 Å². The number of amides is 2. The van der Waals surface area contributed by atoms with E-state index in [4.69, 9.17) is 14.2 Å². The van der Waals surface area contributed by atoms with Crippen molar-refractivity contribution in [2.75, 3.05) is 50.0 Å². The average Bonchev–Trinajstić information content (AvgIpc) is 3.50. The van der Waals surface area contributed by atoms with Gasteiger partial charge in [0.1, 0.15) is 18.3 Å². The molecule has 2 aliphatic heterocycles. The molecule has 1 saturated carbocycles. The Morgan fingerprint density at radius 1 is 0.902 bits per heavy atom. The molecule has 3 aromatic rings. The van der Waals surface area contributed by atoms with Crippen molar-refractivity contribution in [3.8, 4) is 11.1 Å². The normalized spacial score (nSPS) is 18.8. The van der Waals surface area contributed by atoms with E-state index >= 15 is 0 Å². The van der Waals surface area contributed by atoms with Crippen LogP contribution in [0, 0.1) is 6.92 Å². The summed E-state index contributed by atoms with van der Waals surface area (Å²) in [5, 5.41) is 6.49. The van der Waals surface area contributed by atoms with Crippen LogP contribution in [0.5, 0.6) is 0 Å². The van der Waals surface area contributed by atoms with Gasteiger partial charge in [-0.2, -0.15) is 0 Å². The number of nitrogens with one attached hydrogen (secondary N) is 2. The van der Waals surface area contributed by atoms with Crippen LogP contribution >= 0.6 is 11.3 Å². The number of benzene rings is 1. The van der Waals surface area contributed by atoms with Crippen molar-refractivity contribution < 1.29 is 28.6 Å². The fraction of sp³-hybridized carbons (Fsp3) is 0.605. The Morgan fingerprint density at radius 3 is 2.37 bits per heavy atom. The van der Waals surface area contributed by atoms with Crippen LogP contribution in [0.1, 0.15) is 84.3 Å². The molecule has 1 aliphatic carbocycles. The molecule has 0 unspecified atom stereocenters. The Kier molecular flexibility index (Phi) is 12.2. The lowest BCUT2D eigenvalue weighted by molar-refractivity contribution is -0.163. The minimum absolute atomic E-state index is 0.00505. The largest absolute Gasteiger partial charge is 0.458 e. The van der Waals surface area contributed by atoms with E-state index in [0.717, 1.165) is 105 Å². The summed E-state index contributed by atoms with van der Waals surface area (Å²) in [6.07, 6.45) is 10.5. The number of ether oxygens (including phenoxy) is 3. The SMILES string of the molecule is Cc1ncc(-c2ccc3nc(NC(=O)CN4CCC(N5CCC(OCC(=O)OC(C)(C)C)CC5)CC4)sc3c2)cc1NC(=O)OC1CCCCC1. The first-order chi connectivity index (χ1) is 24.5. The molecule has 0 radical (unpaired) electrons. The zero-order valence-corrected chi connectivity index (χ0v) is 31.2. The molecule has 1 aromatic carbocycles. The predicted molar refractivity (Wildman–Crippen MR) is 199 cm³/mol. The van der Waals surface area contributed by atoms with Crippen LogP contribution in [0.25, 0.3) is 21.3 Å². The molecule has 3 aliphatic rings. The number of anilines is 2. The molecule has 0 atom stereocenters. The molecule has 0 spiro atoms. The summed E-state index contributed by atoms with van der Waals surface area (Å²) in [6, 6.07) is 8.39. The van der Waals surface area contributed by atoms with Crippen LogP contribution in [-0.2, 0) is 23.8 Å². The predicted octanol–water partition coefficient (Wildman–Crippen LogP) is 6.77. The number of hydrogen-bond donors (Lipinski definition) is 2. The van der Waals surface area contributed by atoms with Crippen LogP contribution in [0.2, 0.25) is 0 Å². The first-order valence-electron chi connectivity index (χ1n) is 18.4. The molecular weight excluding hydrogens is 669 g/mol. The maximum Gasteiger partial charge on any atom is 0.411 e. The van der Waals surface area contributed by atoms with Gasteiger partial charge in [0, 0.05) is 44.0 Å². The molecule has 3 fully saturated rings. The highest BCUT2D eigenvalue weighted by Crippen LogP contribution is 2.32.